The average molecular weight is 506 g/mol. The number of aliphatic hydroxyl groups is 1. The van der Waals surface area contributed by atoms with E-state index in [0.29, 0.717) is 22.7 Å². The van der Waals surface area contributed by atoms with Gasteiger partial charge in [-0.1, -0.05) is 65.3 Å². The van der Waals surface area contributed by atoms with E-state index >= 15 is 0 Å². The topological polar surface area (TPSA) is 76.1 Å². The lowest BCUT2D eigenvalue weighted by molar-refractivity contribution is -0.147. The van der Waals surface area contributed by atoms with E-state index in [-0.39, 0.29) is 0 Å². The number of anilines is 1. The van der Waals surface area contributed by atoms with Gasteiger partial charge < -0.3 is 14.6 Å². The van der Waals surface area contributed by atoms with E-state index in [0.717, 1.165) is 10.0 Å². The number of benzene rings is 3. The van der Waals surface area contributed by atoms with Gasteiger partial charge in [-0.15, -0.1) is 0 Å². The third-order valence-electron chi connectivity index (χ3n) is 7.66. The largest absolute Gasteiger partial charge is 0.495 e. The highest BCUT2D eigenvalue weighted by Gasteiger charge is 2.97. The van der Waals surface area contributed by atoms with Gasteiger partial charge in [0.25, 0.3) is 0 Å². The summed E-state index contributed by atoms with van der Waals surface area (Å²) in [5, 5.41) is 12.6. The second-order valence-electron chi connectivity index (χ2n) is 8.86. The van der Waals surface area contributed by atoms with Gasteiger partial charge in [-0.2, -0.15) is 0 Å². The smallest absolute Gasteiger partial charge is 0.328 e. The summed E-state index contributed by atoms with van der Waals surface area (Å²) >= 11 is 3.44. The second-order valence-corrected chi connectivity index (χ2v) is 9.78. The molecule has 2 heterocycles. The van der Waals surface area contributed by atoms with Crippen molar-refractivity contribution in [1.29, 1.82) is 0 Å². The summed E-state index contributed by atoms with van der Waals surface area (Å²) in [4.78, 5) is 29.1. The number of nitrogens with zero attached hydrogens (tertiary/aromatic N) is 1. The molecule has 33 heavy (non-hydrogen) atoms. The van der Waals surface area contributed by atoms with Crippen LogP contribution in [0.2, 0.25) is 0 Å². The molecule has 166 valence electrons. The quantitative estimate of drug-likeness (QED) is 0.325. The van der Waals surface area contributed by atoms with Gasteiger partial charge in [0.05, 0.1) is 18.2 Å². The molecule has 6 rings (SSSR count). The zero-order chi connectivity index (χ0) is 23.2. The first kappa shape index (κ1) is 20.4. The predicted molar refractivity (Wildman–Crippen MR) is 124 cm³/mol. The van der Waals surface area contributed by atoms with Crippen molar-refractivity contribution < 1.29 is 24.2 Å². The number of amides is 1. The first-order chi connectivity index (χ1) is 15.8. The maximum Gasteiger partial charge on any atom is 0.328 e. The molecular weight excluding hydrogens is 486 g/mol. The van der Waals surface area contributed by atoms with Crippen LogP contribution in [0.5, 0.6) is 11.5 Å². The number of esters is 1. The number of ether oxygens (including phenoxy) is 2. The summed E-state index contributed by atoms with van der Waals surface area (Å²) in [5.74, 6) is -0.794. The van der Waals surface area contributed by atoms with Crippen molar-refractivity contribution in [2.45, 2.75) is 18.6 Å². The first-order valence-corrected chi connectivity index (χ1v) is 11.4. The number of para-hydroxylation sites is 3. The maximum absolute atomic E-state index is 14.3. The van der Waals surface area contributed by atoms with Crippen LogP contribution in [0.4, 0.5) is 5.69 Å². The Bertz CT molecular complexity index is 1340. The van der Waals surface area contributed by atoms with Crippen LogP contribution >= 0.6 is 15.9 Å². The Kier molecular flexibility index (Phi) is 4.00. The van der Waals surface area contributed by atoms with E-state index in [9.17, 15) is 14.7 Å². The first-order valence-electron chi connectivity index (χ1n) is 10.6. The number of hydrogen-bond acceptors (Lipinski definition) is 5. The number of carbonyl (C=O) groups excluding carboxylic acids is 2. The average Bonchev–Trinajstić information content (AvgIpc) is 3.39. The van der Waals surface area contributed by atoms with Crippen LogP contribution in [0, 0.1) is 10.8 Å². The molecule has 1 aliphatic carbocycles. The Hall–Kier alpha value is -3.16. The lowest BCUT2D eigenvalue weighted by Gasteiger charge is -2.42. The van der Waals surface area contributed by atoms with Crippen LogP contribution in [0.15, 0.2) is 77.3 Å². The van der Waals surface area contributed by atoms with Crippen LogP contribution in [0.3, 0.4) is 0 Å². The fourth-order valence-electron chi connectivity index (χ4n) is 6.16. The molecule has 2 fully saturated rings. The van der Waals surface area contributed by atoms with Crippen molar-refractivity contribution in [1.82, 2.24) is 0 Å². The van der Waals surface area contributed by atoms with Gasteiger partial charge in [0.2, 0.25) is 5.91 Å². The van der Waals surface area contributed by atoms with Gasteiger partial charge in [-0.05, 0) is 30.3 Å². The van der Waals surface area contributed by atoms with E-state index in [4.69, 9.17) is 9.47 Å². The number of rotatable bonds is 3. The van der Waals surface area contributed by atoms with Gasteiger partial charge in [0.1, 0.15) is 11.5 Å². The molecule has 1 amide bonds. The Balaban J connectivity index is 1.66. The van der Waals surface area contributed by atoms with Crippen molar-refractivity contribution in [3.05, 3.63) is 88.4 Å². The molecule has 1 saturated carbocycles. The number of methoxy groups -OCH3 is 1. The van der Waals surface area contributed by atoms with Crippen molar-refractivity contribution in [2.24, 2.45) is 10.8 Å². The Labute approximate surface area is 198 Å². The molecule has 1 saturated heterocycles. The molecule has 0 bridgehead atoms. The minimum atomic E-state index is -1.83. The number of hydrogen-bond donors (Lipinski definition) is 1. The van der Waals surface area contributed by atoms with E-state index in [1.165, 1.54) is 12.0 Å². The molecule has 7 heteroatoms. The number of fused-ring (bicyclic) bond motifs is 3. The number of piperidine rings is 1. The van der Waals surface area contributed by atoms with Gasteiger partial charge >= 0.3 is 5.97 Å². The zero-order valence-corrected chi connectivity index (χ0v) is 19.5. The second kappa shape index (κ2) is 6.46. The van der Waals surface area contributed by atoms with Crippen molar-refractivity contribution in [3.63, 3.8) is 0 Å². The van der Waals surface area contributed by atoms with Gasteiger partial charge in [-0.3, -0.25) is 14.5 Å². The van der Waals surface area contributed by atoms with Gasteiger partial charge in [-0.25, -0.2) is 0 Å². The molecule has 4 unspecified atom stereocenters. The van der Waals surface area contributed by atoms with Crippen LogP contribution in [0.1, 0.15) is 24.0 Å². The fourth-order valence-corrected chi connectivity index (χ4v) is 6.42. The fraction of sp³-hybridized carbons (Fsp3) is 0.231. The maximum atomic E-state index is 14.3. The van der Waals surface area contributed by atoms with Gasteiger partial charge in [0.15, 0.2) is 11.1 Å². The monoisotopic (exact) mass is 505 g/mol. The Morgan fingerprint density at radius 2 is 1.67 bits per heavy atom. The van der Waals surface area contributed by atoms with Crippen LogP contribution < -0.4 is 14.4 Å². The van der Waals surface area contributed by atoms with Crippen LogP contribution in [-0.2, 0) is 15.3 Å². The number of halogens is 1. The summed E-state index contributed by atoms with van der Waals surface area (Å²) in [6.07, 6.45) is 0. The van der Waals surface area contributed by atoms with Crippen LogP contribution in [-0.4, -0.2) is 24.1 Å². The predicted octanol–water partition coefficient (Wildman–Crippen LogP) is 4.36. The van der Waals surface area contributed by atoms with E-state index in [2.05, 4.69) is 15.9 Å². The lowest BCUT2D eigenvalue weighted by Crippen LogP contribution is -2.52. The molecule has 2 aliphatic heterocycles. The van der Waals surface area contributed by atoms with E-state index < -0.39 is 34.3 Å². The Morgan fingerprint density at radius 3 is 2.39 bits per heavy atom. The summed E-state index contributed by atoms with van der Waals surface area (Å²) in [6, 6.07) is 21.4. The molecule has 6 nitrogen and oxygen atoms in total. The van der Waals surface area contributed by atoms with Gasteiger partial charge in [0, 0.05) is 21.5 Å². The molecule has 1 N–H and O–H groups in total. The molecular formula is C26H20BrNO5. The molecule has 0 radical (unpaired) electrons. The summed E-state index contributed by atoms with van der Waals surface area (Å²) in [5.41, 5.74) is -2.89. The molecule has 1 spiro atoms. The minimum Gasteiger partial charge on any atom is -0.495 e. The summed E-state index contributed by atoms with van der Waals surface area (Å²) in [7, 11) is 1.51. The summed E-state index contributed by atoms with van der Waals surface area (Å²) < 4.78 is 12.0. The minimum absolute atomic E-state index is 0.392. The van der Waals surface area contributed by atoms with Crippen molar-refractivity contribution in [2.75, 3.05) is 12.0 Å². The standard InChI is InChI=1S/C26H20BrNO5/c1-24-21-17-7-3-5-9-19(17)33-23(30)25(21,24)22(29)28(18-8-4-6-10-20(18)32-2)26(24,31)15-11-13-16(27)14-12-15/h3-14,21,31H,1-2H3. The highest BCUT2D eigenvalue weighted by atomic mass is 79.9. The third kappa shape index (κ3) is 2.13. The van der Waals surface area contributed by atoms with Crippen molar-refractivity contribution in [3.8, 4) is 11.5 Å². The zero-order valence-electron chi connectivity index (χ0n) is 17.9. The highest BCUT2D eigenvalue weighted by molar-refractivity contribution is 9.10. The van der Waals surface area contributed by atoms with E-state index in [1.54, 1.807) is 55.5 Å². The number of carbonyl (C=O) groups is 2. The lowest BCUT2D eigenvalue weighted by atomic mass is 9.82. The van der Waals surface area contributed by atoms with Crippen molar-refractivity contribution >= 4 is 33.5 Å². The van der Waals surface area contributed by atoms with E-state index in [1.807, 2.05) is 24.3 Å². The summed E-state index contributed by atoms with van der Waals surface area (Å²) in [6.45, 7) is 1.80. The third-order valence-corrected chi connectivity index (χ3v) is 8.19. The van der Waals surface area contributed by atoms with Crippen LogP contribution in [0.25, 0.3) is 0 Å². The molecule has 3 aromatic rings. The molecule has 4 atom stereocenters. The highest BCUT2D eigenvalue weighted by Crippen LogP contribution is 2.87. The Morgan fingerprint density at radius 1 is 1.00 bits per heavy atom. The molecule has 0 aromatic heterocycles. The SMILES string of the molecule is COc1ccccc1N1C(=O)C23C(=O)Oc4ccccc4C2C3(C)C1(O)c1ccc(Br)cc1. The molecule has 3 aromatic carbocycles. The normalized spacial score (nSPS) is 31.4. The molecule has 3 aliphatic rings.